The van der Waals surface area contributed by atoms with Gasteiger partial charge in [-0.25, -0.2) is 9.07 Å². The predicted octanol–water partition coefficient (Wildman–Crippen LogP) is 4.59. The third-order valence-corrected chi connectivity index (χ3v) is 5.65. The highest BCUT2D eigenvalue weighted by Crippen LogP contribution is 2.24. The van der Waals surface area contributed by atoms with E-state index >= 15 is 0 Å². The van der Waals surface area contributed by atoms with Crippen molar-refractivity contribution in [3.05, 3.63) is 34.0 Å². The molecule has 0 saturated heterocycles. The molecule has 0 aliphatic rings. The quantitative estimate of drug-likeness (QED) is 0.390. The second-order valence-corrected chi connectivity index (χ2v) is 8.07. The molecule has 0 spiro atoms. The van der Waals surface area contributed by atoms with Crippen molar-refractivity contribution < 1.29 is 9.18 Å². The van der Waals surface area contributed by atoms with Crippen LogP contribution >= 0.6 is 35.3 Å². The second-order valence-electron chi connectivity index (χ2n) is 5.22. The van der Waals surface area contributed by atoms with Gasteiger partial charge < -0.3 is 5.32 Å². The van der Waals surface area contributed by atoms with Gasteiger partial charge in [0.2, 0.25) is 5.91 Å². The lowest BCUT2D eigenvalue weighted by Crippen LogP contribution is -2.26. The van der Waals surface area contributed by atoms with Crippen molar-refractivity contribution in [2.75, 3.05) is 12.3 Å². The maximum absolute atomic E-state index is 13.0. The first kappa shape index (κ1) is 19.1. The molecule has 2 rings (SSSR count). The van der Waals surface area contributed by atoms with Gasteiger partial charge in [-0.3, -0.25) is 4.79 Å². The van der Waals surface area contributed by atoms with E-state index in [1.54, 1.807) is 16.8 Å². The van der Waals surface area contributed by atoms with Gasteiger partial charge in [0.1, 0.15) is 5.82 Å². The van der Waals surface area contributed by atoms with Crippen LogP contribution in [0.3, 0.4) is 0 Å². The molecule has 0 atom stereocenters. The van der Waals surface area contributed by atoms with E-state index in [0.29, 0.717) is 15.4 Å². The summed E-state index contributed by atoms with van der Waals surface area (Å²) in [7, 11) is 0. The predicted molar refractivity (Wildman–Crippen MR) is 100 cm³/mol. The molecule has 0 fully saturated rings. The van der Waals surface area contributed by atoms with Crippen LogP contribution in [-0.4, -0.2) is 28.0 Å². The lowest BCUT2D eigenvalue weighted by atomic mass is 10.2. The summed E-state index contributed by atoms with van der Waals surface area (Å²) in [5, 5.41) is 7.31. The molecule has 1 aromatic heterocycles. The lowest BCUT2D eigenvalue weighted by Gasteiger charge is -2.03. The van der Waals surface area contributed by atoms with Gasteiger partial charge in [-0.1, -0.05) is 49.3 Å². The molecule has 8 heteroatoms. The Labute approximate surface area is 154 Å². The minimum Gasteiger partial charge on any atom is -0.355 e. The van der Waals surface area contributed by atoms with Gasteiger partial charge in [-0.15, -0.1) is 5.10 Å². The van der Waals surface area contributed by atoms with Gasteiger partial charge in [0.15, 0.2) is 8.29 Å². The fourth-order valence-electron chi connectivity index (χ4n) is 2.02. The van der Waals surface area contributed by atoms with Crippen LogP contribution in [0.15, 0.2) is 28.6 Å². The Kier molecular flexibility index (Phi) is 7.87. The fraction of sp³-hybridized carbons (Fsp3) is 0.438. The SMILES string of the molecule is CCCCCCNC(=O)CSc1nn(-c2ccc(F)cc2)c(=S)s1. The summed E-state index contributed by atoms with van der Waals surface area (Å²) in [6.07, 6.45) is 4.55. The van der Waals surface area contributed by atoms with Gasteiger partial charge in [-0.2, -0.15) is 0 Å². The number of unbranched alkanes of at least 4 members (excludes halogenated alkanes) is 3. The zero-order valence-corrected chi connectivity index (χ0v) is 15.9. The Morgan fingerprint density at radius 1 is 1.33 bits per heavy atom. The average Bonchev–Trinajstić information content (AvgIpc) is 2.94. The third kappa shape index (κ3) is 5.99. The zero-order chi connectivity index (χ0) is 17.4. The van der Waals surface area contributed by atoms with E-state index in [-0.39, 0.29) is 11.7 Å². The minimum absolute atomic E-state index is 0.00551. The molecule has 2 aromatic rings. The number of hydrogen-bond acceptors (Lipinski definition) is 5. The van der Waals surface area contributed by atoms with Crippen LogP contribution in [0.4, 0.5) is 4.39 Å². The van der Waals surface area contributed by atoms with Crippen LogP contribution in [0.25, 0.3) is 5.69 Å². The molecule has 0 unspecified atom stereocenters. The number of nitrogens with one attached hydrogen (secondary N) is 1. The number of halogens is 1. The summed E-state index contributed by atoms with van der Waals surface area (Å²) in [5.41, 5.74) is 0.713. The Morgan fingerprint density at radius 2 is 2.08 bits per heavy atom. The van der Waals surface area contributed by atoms with Crippen LogP contribution in [0, 0.1) is 9.77 Å². The van der Waals surface area contributed by atoms with Crippen molar-refractivity contribution in [3.63, 3.8) is 0 Å². The molecule has 0 bridgehead atoms. The molecule has 0 aliphatic heterocycles. The molecule has 1 N–H and O–H groups in total. The number of carbonyl (C=O) groups excluding carboxylic acids is 1. The summed E-state index contributed by atoms with van der Waals surface area (Å²) >= 11 is 8.00. The fourth-order valence-corrected chi connectivity index (χ4v) is 4.21. The Morgan fingerprint density at radius 3 is 2.79 bits per heavy atom. The molecule has 0 radical (unpaired) electrons. The van der Waals surface area contributed by atoms with Gasteiger partial charge >= 0.3 is 0 Å². The number of aromatic nitrogens is 2. The topological polar surface area (TPSA) is 46.9 Å². The van der Waals surface area contributed by atoms with Crippen molar-refractivity contribution in [1.82, 2.24) is 15.1 Å². The van der Waals surface area contributed by atoms with Crippen molar-refractivity contribution >= 4 is 41.2 Å². The molecule has 0 aliphatic carbocycles. The highest BCUT2D eigenvalue weighted by atomic mass is 32.2. The average molecular weight is 386 g/mol. The number of amides is 1. The Balaban J connectivity index is 1.83. The molecule has 130 valence electrons. The van der Waals surface area contributed by atoms with E-state index in [9.17, 15) is 9.18 Å². The highest BCUT2D eigenvalue weighted by molar-refractivity contribution is 8.01. The molecule has 1 amide bonds. The summed E-state index contributed by atoms with van der Waals surface area (Å²) in [5.74, 6) is 0.0242. The zero-order valence-electron chi connectivity index (χ0n) is 13.5. The molecule has 24 heavy (non-hydrogen) atoms. The molecular weight excluding hydrogens is 365 g/mol. The third-order valence-electron chi connectivity index (χ3n) is 3.28. The molecular formula is C16H20FN3OS3. The number of benzene rings is 1. The highest BCUT2D eigenvalue weighted by Gasteiger charge is 2.09. The van der Waals surface area contributed by atoms with Crippen LogP contribution < -0.4 is 5.32 Å². The minimum atomic E-state index is -0.300. The number of thioether (sulfide) groups is 1. The van der Waals surface area contributed by atoms with E-state index in [1.807, 2.05) is 0 Å². The molecule has 0 saturated carbocycles. The van der Waals surface area contributed by atoms with E-state index in [1.165, 1.54) is 48.1 Å². The Bertz CT molecular complexity index is 712. The van der Waals surface area contributed by atoms with Crippen molar-refractivity contribution in [1.29, 1.82) is 0 Å². The van der Waals surface area contributed by atoms with Crippen LogP contribution in [0.1, 0.15) is 32.6 Å². The summed E-state index contributed by atoms with van der Waals surface area (Å²) < 4.78 is 15.9. The first-order valence-electron chi connectivity index (χ1n) is 7.85. The van der Waals surface area contributed by atoms with Crippen molar-refractivity contribution in [2.24, 2.45) is 0 Å². The van der Waals surface area contributed by atoms with E-state index in [0.717, 1.165) is 23.7 Å². The van der Waals surface area contributed by atoms with E-state index in [4.69, 9.17) is 12.2 Å². The first-order valence-corrected chi connectivity index (χ1v) is 10.1. The van der Waals surface area contributed by atoms with Crippen LogP contribution in [0.2, 0.25) is 0 Å². The maximum Gasteiger partial charge on any atom is 0.230 e. The molecule has 1 heterocycles. The van der Waals surface area contributed by atoms with Gasteiger partial charge in [-0.05, 0) is 42.9 Å². The Hall–Kier alpha value is -1.25. The summed E-state index contributed by atoms with van der Waals surface area (Å²) in [4.78, 5) is 11.8. The van der Waals surface area contributed by atoms with Gasteiger partial charge in [0, 0.05) is 6.54 Å². The smallest absolute Gasteiger partial charge is 0.230 e. The number of carbonyl (C=O) groups is 1. The van der Waals surface area contributed by atoms with Crippen molar-refractivity contribution in [2.45, 2.75) is 36.9 Å². The van der Waals surface area contributed by atoms with Crippen LogP contribution in [-0.2, 0) is 4.79 Å². The van der Waals surface area contributed by atoms with Crippen LogP contribution in [0.5, 0.6) is 0 Å². The summed E-state index contributed by atoms with van der Waals surface area (Å²) in [6, 6.07) is 6.00. The number of hydrogen-bond donors (Lipinski definition) is 1. The molecule has 1 aromatic carbocycles. The standard InChI is InChI=1S/C16H20FN3OS3/c1-2-3-4-5-10-18-14(21)11-23-15-19-20(16(22)24-15)13-8-6-12(17)7-9-13/h6-9H,2-5,10-11H2,1H3,(H,18,21). The number of rotatable bonds is 9. The van der Waals surface area contributed by atoms with E-state index < -0.39 is 0 Å². The normalized spacial score (nSPS) is 10.8. The second kappa shape index (κ2) is 9.90. The van der Waals surface area contributed by atoms with Gasteiger partial charge in [0.25, 0.3) is 0 Å². The maximum atomic E-state index is 13.0. The monoisotopic (exact) mass is 385 g/mol. The van der Waals surface area contributed by atoms with E-state index in [2.05, 4.69) is 17.3 Å². The lowest BCUT2D eigenvalue weighted by molar-refractivity contribution is -0.118. The first-order chi connectivity index (χ1) is 11.6. The largest absolute Gasteiger partial charge is 0.355 e. The molecule has 4 nitrogen and oxygen atoms in total. The number of nitrogens with zero attached hydrogens (tertiary/aromatic N) is 2. The summed E-state index contributed by atoms with van der Waals surface area (Å²) in [6.45, 7) is 2.88. The van der Waals surface area contributed by atoms with Gasteiger partial charge in [0.05, 0.1) is 11.4 Å². The van der Waals surface area contributed by atoms with Crippen molar-refractivity contribution in [3.8, 4) is 5.69 Å².